The van der Waals surface area contributed by atoms with Crippen molar-refractivity contribution in [1.29, 1.82) is 0 Å². The van der Waals surface area contributed by atoms with E-state index in [1.807, 2.05) is 72.9 Å². The van der Waals surface area contributed by atoms with Gasteiger partial charge in [-0.2, -0.15) is 21.7 Å². The van der Waals surface area contributed by atoms with Crippen molar-refractivity contribution in [2.75, 3.05) is 46.2 Å². The minimum Gasteiger partial charge on any atom is -0.324 e. The van der Waals surface area contributed by atoms with Crippen molar-refractivity contribution in [1.82, 2.24) is 58.1 Å². The van der Waals surface area contributed by atoms with Crippen LogP contribution in [0.5, 0.6) is 0 Å². The first kappa shape index (κ1) is 46.1. The topological polar surface area (TPSA) is 181 Å². The Morgan fingerprint density at radius 3 is 1.56 bits per heavy atom. The van der Waals surface area contributed by atoms with E-state index in [1.54, 1.807) is 60.7 Å². The molecule has 0 spiro atoms. The fourth-order valence-corrected chi connectivity index (χ4v) is 11.2. The molecular formula is C46H60N14O2S2. The maximum absolute atomic E-state index is 13.0. The summed E-state index contributed by atoms with van der Waals surface area (Å²) in [6.45, 7) is 12.3. The first-order valence-electron chi connectivity index (χ1n) is 21.9. The van der Waals surface area contributed by atoms with Gasteiger partial charge in [-0.3, -0.25) is 18.3 Å². The number of hydrogen-bond acceptors (Lipinski definition) is 13. The molecule has 16 nitrogen and oxygen atoms in total. The van der Waals surface area contributed by atoms with E-state index >= 15 is 0 Å². The standard InChI is InChI=1S/C22H27N7OS.C19H19N7OS.C3H8.C2H6/c1-14-9-18-15(11-23-13-25-18)10-17(14)26-21-24-12-19-20(27-21)29(22(30)28(19)2)16-5-7-31(3,4)8-6-16;1-11-5-15-12(7-20-10-22-15)6-14(11)23-18-21-8-16-17(24-18)26(19(27)25(16)2)13-3-4-28-9-13;1-3-2;1-2/h9-13,16H,5-8H2,1-4H3,(H,24,26,27);5-8,10,13H,3-4,9H2,1-2H3,(H,21,23,24);3H2,1-2H3;1-2H3. The highest BCUT2D eigenvalue weighted by Crippen LogP contribution is 2.48. The summed E-state index contributed by atoms with van der Waals surface area (Å²) in [6, 6.07) is 8.39. The number of fused-ring (bicyclic) bond motifs is 4. The average molecular weight is 905 g/mol. The predicted octanol–water partition coefficient (Wildman–Crippen LogP) is 8.77. The minimum atomic E-state index is -0.532. The zero-order valence-corrected chi connectivity index (χ0v) is 40.2. The molecule has 338 valence electrons. The van der Waals surface area contributed by atoms with Crippen molar-refractivity contribution in [3.8, 4) is 0 Å². The Morgan fingerprint density at radius 2 is 1.12 bits per heavy atom. The summed E-state index contributed by atoms with van der Waals surface area (Å²) in [5.41, 5.74) is 8.49. The number of aromatic nitrogens is 12. The van der Waals surface area contributed by atoms with E-state index in [0.29, 0.717) is 23.2 Å². The van der Waals surface area contributed by atoms with E-state index in [-0.39, 0.29) is 23.5 Å². The van der Waals surface area contributed by atoms with E-state index in [1.165, 1.54) is 17.9 Å². The maximum Gasteiger partial charge on any atom is 0.330 e. The predicted molar refractivity (Wildman–Crippen MR) is 266 cm³/mol. The van der Waals surface area contributed by atoms with E-state index in [4.69, 9.17) is 9.97 Å². The van der Waals surface area contributed by atoms with Crippen LogP contribution in [-0.4, -0.2) is 93.7 Å². The second-order valence-corrected chi connectivity index (χ2v) is 22.1. The molecule has 2 aliphatic rings. The van der Waals surface area contributed by atoms with Crippen molar-refractivity contribution in [3.05, 3.63) is 93.8 Å². The van der Waals surface area contributed by atoms with Crippen molar-refractivity contribution < 1.29 is 0 Å². The molecule has 0 aliphatic carbocycles. The van der Waals surface area contributed by atoms with Crippen LogP contribution in [0.4, 0.5) is 23.3 Å². The number of hydrogen-bond donors (Lipinski definition) is 2. The Labute approximate surface area is 379 Å². The van der Waals surface area contributed by atoms with Crippen molar-refractivity contribution >= 4 is 89.2 Å². The lowest BCUT2D eigenvalue weighted by Crippen LogP contribution is -2.31. The second kappa shape index (κ2) is 19.9. The van der Waals surface area contributed by atoms with Crippen molar-refractivity contribution in [2.24, 2.45) is 14.1 Å². The smallest absolute Gasteiger partial charge is 0.324 e. The van der Waals surface area contributed by atoms with E-state index in [2.05, 4.69) is 66.9 Å². The van der Waals surface area contributed by atoms with Crippen LogP contribution in [0.3, 0.4) is 0 Å². The number of rotatable bonds is 6. The highest BCUT2D eigenvalue weighted by atomic mass is 32.3. The molecule has 8 aromatic rings. The SMILES string of the molecule is CC.CCC.Cc1cc2ncncc2cc1Nc1ncc2c(n1)n(C1CCS(C)(C)CC1)c(=O)n2C.Cc1cc2ncncc2cc1Nc1ncc2c(n1)n(C1CCSC1)c(=O)n2C. The number of nitrogens with zero attached hydrogens (tertiary/aromatic N) is 12. The fourth-order valence-electron chi connectivity index (χ4n) is 7.97. The largest absolute Gasteiger partial charge is 0.330 e. The molecule has 2 saturated heterocycles. The second-order valence-electron chi connectivity index (χ2n) is 16.6. The number of aryl methyl sites for hydroxylation is 4. The Balaban J connectivity index is 0.000000175. The third-order valence-electron chi connectivity index (χ3n) is 11.5. The molecule has 0 saturated carbocycles. The molecule has 18 heteroatoms. The summed E-state index contributed by atoms with van der Waals surface area (Å²) in [7, 11) is 3.03. The third kappa shape index (κ3) is 9.62. The Kier molecular flexibility index (Phi) is 14.3. The highest BCUT2D eigenvalue weighted by Gasteiger charge is 2.28. The molecule has 64 heavy (non-hydrogen) atoms. The van der Waals surface area contributed by atoms with E-state index < -0.39 is 10.0 Å². The lowest BCUT2D eigenvalue weighted by molar-refractivity contribution is 0.458. The van der Waals surface area contributed by atoms with Gasteiger partial charge in [-0.15, -0.1) is 0 Å². The highest BCUT2D eigenvalue weighted by molar-refractivity contribution is 8.32. The minimum absolute atomic E-state index is 0.0137. The number of nitrogens with one attached hydrogen (secondary N) is 2. The molecule has 2 aromatic carbocycles. The number of thioether (sulfide) groups is 1. The number of benzene rings is 2. The molecule has 2 fully saturated rings. The molecule has 1 atom stereocenters. The average Bonchev–Trinajstić information content (AvgIpc) is 3.97. The van der Waals surface area contributed by atoms with Gasteiger partial charge in [-0.25, -0.2) is 49.5 Å². The molecule has 8 heterocycles. The van der Waals surface area contributed by atoms with Crippen LogP contribution in [0.25, 0.3) is 44.1 Å². The number of anilines is 4. The molecular weight excluding hydrogens is 845 g/mol. The lowest BCUT2D eigenvalue weighted by atomic mass is 10.1. The van der Waals surface area contributed by atoms with Crippen molar-refractivity contribution in [2.45, 2.75) is 79.3 Å². The Bertz CT molecular complexity index is 3030. The molecule has 6 aromatic heterocycles. The number of imidazole rings is 2. The summed E-state index contributed by atoms with van der Waals surface area (Å²) in [5, 5.41) is 8.51. The van der Waals surface area contributed by atoms with Crippen LogP contribution in [-0.2, 0) is 14.1 Å². The van der Waals surface area contributed by atoms with Gasteiger partial charge in [0.05, 0.1) is 29.5 Å². The van der Waals surface area contributed by atoms with E-state index in [9.17, 15) is 9.59 Å². The lowest BCUT2D eigenvalue weighted by Gasteiger charge is -2.39. The van der Waals surface area contributed by atoms with Gasteiger partial charge in [0.25, 0.3) is 0 Å². The first-order chi connectivity index (χ1) is 30.8. The Hall–Kier alpha value is -5.88. The molecule has 1 unspecified atom stereocenters. The van der Waals surface area contributed by atoms with Gasteiger partial charge in [0.2, 0.25) is 11.9 Å². The molecule has 2 aliphatic heterocycles. The van der Waals surface area contributed by atoms with Gasteiger partial charge < -0.3 is 10.6 Å². The first-order valence-corrected chi connectivity index (χ1v) is 25.9. The fraction of sp³-hybridized carbons (Fsp3) is 0.435. The summed E-state index contributed by atoms with van der Waals surface area (Å²) in [4.78, 5) is 61.0. The zero-order chi connectivity index (χ0) is 45.7. The van der Waals surface area contributed by atoms with Gasteiger partial charge in [0, 0.05) is 60.4 Å². The molecule has 0 amide bonds. The summed E-state index contributed by atoms with van der Waals surface area (Å²) >= 11 is 1.87. The molecule has 2 N–H and O–H groups in total. The third-order valence-corrected chi connectivity index (χ3v) is 15.3. The van der Waals surface area contributed by atoms with Crippen molar-refractivity contribution in [3.63, 3.8) is 0 Å². The molecule has 10 rings (SSSR count). The van der Waals surface area contributed by atoms with Gasteiger partial charge >= 0.3 is 11.4 Å². The van der Waals surface area contributed by atoms with Crippen LogP contribution in [0.1, 0.15) is 76.6 Å². The van der Waals surface area contributed by atoms with Crippen LogP contribution in [0.15, 0.2) is 71.3 Å². The van der Waals surface area contributed by atoms with Crippen LogP contribution < -0.4 is 22.0 Å². The van der Waals surface area contributed by atoms with Crippen LogP contribution >= 0.6 is 21.8 Å². The van der Waals surface area contributed by atoms with Gasteiger partial charge in [-0.1, -0.05) is 34.1 Å². The van der Waals surface area contributed by atoms with Gasteiger partial charge in [0.1, 0.15) is 23.7 Å². The van der Waals surface area contributed by atoms with Crippen LogP contribution in [0.2, 0.25) is 0 Å². The van der Waals surface area contributed by atoms with Gasteiger partial charge in [0.15, 0.2) is 11.3 Å². The van der Waals surface area contributed by atoms with Crippen LogP contribution in [0, 0.1) is 13.8 Å². The molecule has 0 bridgehead atoms. The zero-order valence-electron chi connectivity index (χ0n) is 38.6. The van der Waals surface area contributed by atoms with E-state index in [0.717, 1.165) is 86.1 Å². The maximum atomic E-state index is 13.0. The monoisotopic (exact) mass is 904 g/mol. The van der Waals surface area contributed by atoms with Gasteiger partial charge in [-0.05, 0) is 98.3 Å². The normalized spacial score (nSPS) is 16.4. The summed E-state index contributed by atoms with van der Waals surface area (Å²) in [5.74, 6) is 5.34. The summed E-state index contributed by atoms with van der Waals surface area (Å²) < 4.78 is 6.99. The summed E-state index contributed by atoms with van der Waals surface area (Å²) in [6.07, 6.45) is 19.2. The Morgan fingerprint density at radius 1 is 0.672 bits per heavy atom. The molecule has 0 radical (unpaired) electrons. The quantitative estimate of drug-likeness (QED) is 0.162.